The molecule has 0 spiro atoms. The van der Waals surface area contributed by atoms with Crippen molar-refractivity contribution in [2.45, 2.75) is 17.7 Å². The van der Waals surface area contributed by atoms with Crippen LogP contribution in [0.15, 0.2) is 47.6 Å². The number of amides is 1. The lowest BCUT2D eigenvalue weighted by Gasteiger charge is -2.34. The van der Waals surface area contributed by atoms with Gasteiger partial charge in [0.1, 0.15) is 0 Å². The third kappa shape index (κ3) is 4.77. The average molecular weight is 431 g/mol. The fraction of sp³-hybridized carbons (Fsp3) is 0.450. The van der Waals surface area contributed by atoms with Gasteiger partial charge in [0, 0.05) is 57.3 Å². The number of hydrogen-bond acceptors (Lipinski definition) is 7. The summed E-state index contributed by atoms with van der Waals surface area (Å²) in [6.07, 6.45) is 5.22. The number of anilines is 2. The number of rotatable bonds is 6. The summed E-state index contributed by atoms with van der Waals surface area (Å²) in [7, 11) is -3.50. The molecule has 2 aromatic rings. The summed E-state index contributed by atoms with van der Waals surface area (Å²) in [4.78, 5) is 25.4. The van der Waals surface area contributed by atoms with Crippen molar-refractivity contribution in [2.75, 3.05) is 56.0 Å². The molecule has 1 aromatic carbocycles. The molecule has 1 aromatic heterocycles. The van der Waals surface area contributed by atoms with Crippen molar-refractivity contribution in [3.8, 4) is 0 Å². The zero-order valence-electron chi connectivity index (χ0n) is 16.8. The zero-order chi connectivity index (χ0) is 21.0. The van der Waals surface area contributed by atoms with Crippen LogP contribution in [0.5, 0.6) is 0 Å². The maximum Gasteiger partial charge on any atom is 0.243 e. The SMILES string of the molecule is O=C(CN1CCN(c2ncccn2)CC1)Nc1cccc(S(=O)(=O)N2CCCC2)c1. The number of sulfonamides is 1. The Balaban J connectivity index is 1.31. The minimum absolute atomic E-state index is 0.157. The quantitative estimate of drug-likeness (QED) is 0.731. The Bertz CT molecular complexity index is 971. The number of nitrogens with one attached hydrogen (secondary N) is 1. The Kier molecular flexibility index (Phi) is 6.26. The van der Waals surface area contributed by atoms with Crippen LogP contribution in [0.1, 0.15) is 12.8 Å². The second-order valence-electron chi connectivity index (χ2n) is 7.50. The largest absolute Gasteiger partial charge is 0.338 e. The molecule has 0 unspecified atom stereocenters. The van der Waals surface area contributed by atoms with Gasteiger partial charge in [-0.2, -0.15) is 4.31 Å². The first-order valence-corrected chi connectivity index (χ1v) is 11.6. The molecule has 30 heavy (non-hydrogen) atoms. The van der Waals surface area contributed by atoms with Crippen LogP contribution in [0.4, 0.5) is 11.6 Å². The number of benzene rings is 1. The maximum atomic E-state index is 12.7. The zero-order valence-corrected chi connectivity index (χ0v) is 17.6. The van der Waals surface area contributed by atoms with Crippen molar-refractivity contribution < 1.29 is 13.2 Å². The summed E-state index contributed by atoms with van der Waals surface area (Å²) >= 11 is 0. The van der Waals surface area contributed by atoms with Crippen LogP contribution < -0.4 is 10.2 Å². The van der Waals surface area contributed by atoms with E-state index in [0.717, 1.165) is 39.0 Å². The lowest BCUT2D eigenvalue weighted by atomic mass is 10.3. The highest BCUT2D eigenvalue weighted by atomic mass is 32.2. The summed E-state index contributed by atoms with van der Waals surface area (Å²) in [5.41, 5.74) is 0.497. The highest BCUT2D eigenvalue weighted by Gasteiger charge is 2.27. The van der Waals surface area contributed by atoms with Crippen LogP contribution in [0.2, 0.25) is 0 Å². The fourth-order valence-corrected chi connectivity index (χ4v) is 5.34. The van der Waals surface area contributed by atoms with Crippen LogP contribution in [-0.2, 0) is 14.8 Å². The predicted octanol–water partition coefficient (Wildman–Crippen LogP) is 1.02. The number of aromatic nitrogens is 2. The van der Waals surface area contributed by atoms with Gasteiger partial charge in [0.05, 0.1) is 11.4 Å². The summed E-state index contributed by atoms with van der Waals surface area (Å²) in [5, 5.41) is 2.83. The average Bonchev–Trinajstić information content (AvgIpc) is 3.31. The third-order valence-electron chi connectivity index (χ3n) is 5.40. The van der Waals surface area contributed by atoms with E-state index in [1.165, 1.54) is 10.4 Å². The molecule has 10 heteroatoms. The minimum Gasteiger partial charge on any atom is -0.338 e. The Morgan fingerprint density at radius 2 is 1.67 bits per heavy atom. The van der Waals surface area contributed by atoms with Crippen LogP contribution in [0, 0.1) is 0 Å². The lowest BCUT2D eigenvalue weighted by Crippen LogP contribution is -2.49. The van der Waals surface area contributed by atoms with Gasteiger partial charge < -0.3 is 10.2 Å². The van der Waals surface area contributed by atoms with Gasteiger partial charge in [-0.05, 0) is 37.1 Å². The van der Waals surface area contributed by atoms with E-state index in [4.69, 9.17) is 0 Å². The Morgan fingerprint density at radius 1 is 0.967 bits per heavy atom. The van der Waals surface area contributed by atoms with Gasteiger partial charge in [0.2, 0.25) is 21.9 Å². The summed E-state index contributed by atoms with van der Waals surface area (Å²) in [6.45, 7) is 4.33. The van der Waals surface area contributed by atoms with Gasteiger partial charge in [-0.25, -0.2) is 18.4 Å². The molecule has 0 atom stereocenters. The minimum atomic E-state index is -3.50. The molecule has 0 bridgehead atoms. The van der Waals surface area contributed by atoms with Crippen LogP contribution in [0.25, 0.3) is 0 Å². The summed E-state index contributed by atoms with van der Waals surface area (Å²) in [5.74, 6) is 0.549. The standard InChI is InChI=1S/C20H26N6O3S/c27-19(16-24-11-13-25(14-12-24)20-21-7-4-8-22-20)23-17-5-3-6-18(15-17)30(28,29)26-9-1-2-10-26/h3-8,15H,1-2,9-14,16H2,(H,23,27). The molecule has 2 aliphatic rings. The van der Waals surface area contributed by atoms with Crippen molar-refractivity contribution in [1.29, 1.82) is 0 Å². The molecule has 3 heterocycles. The molecule has 2 saturated heterocycles. The molecule has 9 nitrogen and oxygen atoms in total. The van der Waals surface area contributed by atoms with Crippen LogP contribution >= 0.6 is 0 Å². The highest BCUT2D eigenvalue weighted by Crippen LogP contribution is 2.23. The van der Waals surface area contributed by atoms with Crippen LogP contribution in [-0.4, -0.2) is 79.3 Å². The van der Waals surface area contributed by atoms with E-state index >= 15 is 0 Å². The fourth-order valence-electron chi connectivity index (χ4n) is 3.78. The van der Waals surface area contributed by atoms with E-state index in [2.05, 4.69) is 25.1 Å². The number of carbonyl (C=O) groups is 1. The monoisotopic (exact) mass is 430 g/mol. The van der Waals surface area contributed by atoms with E-state index in [-0.39, 0.29) is 17.3 Å². The normalized spacial score (nSPS) is 18.5. The second-order valence-corrected chi connectivity index (χ2v) is 9.44. The molecule has 0 aliphatic carbocycles. The molecule has 2 fully saturated rings. The maximum absolute atomic E-state index is 12.7. The van der Waals surface area contributed by atoms with Gasteiger partial charge in [0.25, 0.3) is 0 Å². The lowest BCUT2D eigenvalue weighted by molar-refractivity contribution is -0.117. The first-order chi connectivity index (χ1) is 14.5. The van der Waals surface area contributed by atoms with E-state index in [9.17, 15) is 13.2 Å². The summed E-state index contributed by atoms with van der Waals surface area (Å²) < 4.78 is 27.0. The Labute approximate surface area is 176 Å². The van der Waals surface area contributed by atoms with Crippen molar-refractivity contribution >= 4 is 27.6 Å². The van der Waals surface area contributed by atoms with Crippen molar-refractivity contribution in [3.63, 3.8) is 0 Å². The topological polar surface area (TPSA) is 98.7 Å². The molecule has 0 saturated carbocycles. The van der Waals surface area contributed by atoms with E-state index in [1.54, 1.807) is 36.7 Å². The summed E-state index contributed by atoms with van der Waals surface area (Å²) in [6, 6.07) is 8.28. The van der Waals surface area contributed by atoms with E-state index in [0.29, 0.717) is 24.7 Å². The van der Waals surface area contributed by atoms with Gasteiger partial charge >= 0.3 is 0 Å². The predicted molar refractivity (Wildman–Crippen MR) is 114 cm³/mol. The van der Waals surface area contributed by atoms with E-state index in [1.807, 2.05) is 0 Å². The van der Waals surface area contributed by atoms with Gasteiger partial charge in [-0.1, -0.05) is 6.07 Å². The molecule has 0 radical (unpaired) electrons. The number of hydrogen-bond donors (Lipinski definition) is 1. The number of nitrogens with zero attached hydrogens (tertiary/aromatic N) is 5. The van der Waals surface area contributed by atoms with Gasteiger partial charge in [-0.3, -0.25) is 9.69 Å². The highest BCUT2D eigenvalue weighted by molar-refractivity contribution is 7.89. The Hall–Kier alpha value is -2.56. The Morgan fingerprint density at radius 3 is 2.37 bits per heavy atom. The van der Waals surface area contributed by atoms with Crippen molar-refractivity contribution in [1.82, 2.24) is 19.2 Å². The van der Waals surface area contributed by atoms with Crippen molar-refractivity contribution in [2.24, 2.45) is 0 Å². The molecule has 2 aliphatic heterocycles. The third-order valence-corrected chi connectivity index (χ3v) is 7.29. The van der Waals surface area contributed by atoms with Crippen molar-refractivity contribution in [3.05, 3.63) is 42.7 Å². The van der Waals surface area contributed by atoms with Crippen LogP contribution in [0.3, 0.4) is 0 Å². The molecule has 1 N–H and O–H groups in total. The first kappa shape index (κ1) is 20.7. The number of piperazine rings is 1. The molecule has 1 amide bonds. The molecule has 160 valence electrons. The smallest absolute Gasteiger partial charge is 0.243 e. The molecular formula is C20H26N6O3S. The number of carbonyl (C=O) groups excluding carboxylic acids is 1. The molecular weight excluding hydrogens is 404 g/mol. The molecule has 4 rings (SSSR count). The van der Waals surface area contributed by atoms with E-state index < -0.39 is 10.0 Å². The van der Waals surface area contributed by atoms with Gasteiger partial charge in [-0.15, -0.1) is 0 Å². The van der Waals surface area contributed by atoms with Gasteiger partial charge in [0.15, 0.2) is 0 Å². The first-order valence-electron chi connectivity index (χ1n) is 10.2. The second kappa shape index (κ2) is 9.07.